The minimum absolute atomic E-state index is 0.152. The topological polar surface area (TPSA) is 63.2 Å². The molecule has 0 atom stereocenters. The molecule has 1 saturated heterocycles. The second kappa shape index (κ2) is 7.51. The highest BCUT2D eigenvalue weighted by molar-refractivity contribution is 7.13. The lowest BCUT2D eigenvalue weighted by Gasteiger charge is -2.38. The fourth-order valence-corrected chi connectivity index (χ4v) is 3.82. The van der Waals surface area contributed by atoms with Gasteiger partial charge in [-0.05, 0) is 30.5 Å². The average molecular weight is 366 g/mol. The first-order valence-electron chi connectivity index (χ1n) is 7.88. The fraction of sp³-hybridized carbons (Fsp3) is 0.412. The molecule has 24 heavy (non-hydrogen) atoms. The highest BCUT2D eigenvalue weighted by atomic mass is 35.5. The number of halogens is 1. The van der Waals surface area contributed by atoms with E-state index in [2.05, 4.69) is 21.7 Å². The van der Waals surface area contributed by atoms with Crippen LogP contribution in [0.2, 0.25) is 5.02 Å². The molecule has 2 heterocycles. The Hall–Kier alpha value is -1.63. The quantitative estimate of drug-likeness (QED) is 0.853. The van der Waals surface area contributed by atoms with E-state index in [0.717, 1.165) is 23.5 Å². The third-order valence-electron chi connectivity index (χ3n) is 4.42. The van der Waals surface area contributed by atoms with Crippen molar-refractivity contribution in [1.29, 1.82) is 0 Å². The number of nitrogens with one attached hydrogen (secondary N) is 2. The molecule has 1 aromatic carbocycles. The monoisotopic (exact) mass is 365 g/mol. The van der Waals surface area contributed by atoms with E-state index in [4.69, 9.17) is 16.3 Å². The van der Waals surface area contributed by atoms with Gasteiger partial charge in [-0.25, -0.2) is 4.98 Å². The molecule has 0 unspecified atom stereocenters. The van der Waals surface area contributed by atoms with Crippen LogP contribution in [0.25, 0.3) is 0 Å². The van der Waals surface area contributed by atoms with Gasteiger partial charge >= 0.3 is 0 Å². The molecule has 1 aromatic heterocycles. The van der Waals surface area contributed by atoms with Crippen molar-refractivity contribution in [3.8, 4) is 0 Å². The summed E-state index contributed by atoms with van der Waals surface area (Å²) >= 11 is 7.59. The van der Waals surface area contributed by atoms with Crippen LogP contribution in [0.15, 0.2) is 29.6 Å². The summed E-state index contributed by atoms with van der Waals surface area (Å²) in [4.78, 5) is 16.7. The summed E-state index contributed by atoms with van der Waals surface area (Å²) in [5.41, 5.74) is 1.44. The Labute approximate surface area is 150 Å². The number of hydrogen-bond acceptors (Lipinski definition) is 5. The van der Waals surface area contributed by atoms with Crippen LogP contribution in [0.3, 0.4) is 0 Å². The summed E-state index contributed by atoms with van der Waals surface area (Å²) in [5.74, 6) is -0.152. The highest BCUT2D eigenvalue weighted by Gasteiger charge is 2.35. The van der Waals surface area contributed by atoms with E-state index in [9.17, 15) is 4.79 Å². The van der Waals surface area contributed by atoms with E-state index in [1.54, 1.807) is 12.4 Å². The van der Waals surface area contributed by atoms with Gasteiger partial charge in [0.2, 0.25) is 0 Å². The minimum Gasteiger partial charge on any atom is -0.381 e. The summed E-state index contributed by atoms with van der Waals surface area (Å²) in [7, 11) is 1.79. The van der Waals surface area contributed by atoms with Gasteiger partial charge in [0.05, 0.1) is 0 Å². The summed E-state index contributed by atoms with van der Waals surface area (Å²) in [6.07, 6.45) is 1.71. The largest absolute Gasteiger partial charge is 0.381 e. The summed E-state index contributed by atoms with van der Waals surface area (Å²) in [6, 6.07) is 7.88. The second-order valence-electron chi connectivity index (χ2n) is 5.87. The van der Waals surface area contributed by atoms with Gasteiger partial charge in [0.15, 0.2) is 5.13 Å². The maximum Gasteiger partial charge on any atom is 0.270 e. The molecule has 0 bridgehead atoms. The minimum atomic E-state index is -0.152. The summed E-state index contributed by atoms with van der Waals surface area (Å²) < 4.78 is 5.52. The number of ether oxygens (including phenoxy) is 1. The van der Waals surface area contributed by atoms with Gasteiger partial charge in [0.1, 0.15) is 5.69 Å². The third-order valence-corrected chi connectivity index (χ3v) is 5.52. The Morgan fingerprint density at radius 1 is 1.42 bits per heavy atom. The van der Waals surface area contributed by atoms with Crippen LogP contribution in [0.5, 0.6) is 0 Å². The standard InChI is InChI=1S/C17H20ClN3O2S/c1-19-16-21-14(10-24-16)15(22)20-11-17(5-7-23-8-6-17)12-3-2-4-13(18)9-12/h2-4,9-10H,5-8,11H2,1H3,(H,19,21)(H,20,22). The number of carbonyl (C=O) groups excluding carboxylic acids is 1. The molecule has 3 rings (SSSR count). The molecule has 0 saturated carbocycles. The number of rotatable bonds is 5. The Morgan fingerprint density at radius 3 is 2.88 bits per heavy atom. The zero-order valence-corrected chi connectivity index (χ0v) is 15.0. The van der Waals surface area contributed by atoms with Crippen molar-refractivity contribution in [3.63, 3.8) is 0 Å². The maximum atomic E-state index is 12.4. The molecule has 1 amide bonds. The number of thiazole rings is 1. The molecule has 5 nitrogen and oxygen atoms in total. The average Bonchev–Trinajstić information content (AvgIpc) is 3.10. The fourth-order valence-electron chi connectivity index (χ4n) is 2.98. The number of benzene rings is 1. The van der Waals surface area contributed by atoms with Crippen LogP contribution < -0.4 is 10.6 Å². The lowest BCUT2D eigenvalue weighted by molar-refractivity contribution is 0.0487. The molecule has 0 radical (unpaired) electrons. The predicted octanol–water partition coefficient (Wildman–Crippen LogP) is 3.32. The molecule has 1 aliphatic rings. The van der Waals surface area contributed by atoms with Gasteiger partial charge in [-0.3, -0.25) is 4.79 Å². The van der Waals surface area contributed by atoms with Gasteiger partial charge in [0.25, 0.3) is 5.91 Å². The Kier molecular flexibility index (Phi) is 5.38. The van der Waals surface area contributed by atoms with Gasteiger partial charge in [-0.1, -0.05) is 23.7 Å². The van der Waals surface area contributed by atoms with Crippen LogP contribution in [0, 0.1) is 0 Å². The highest BCUT2D eigenvalue weighted by Crippen LogP contribution is 2.35. The molecule has 2 N–H and O–H groups in total. The van der Waals surface area contributed by atoms with E-state index < -0.39 is 0 Å². The van der Waals surface area contributed by atoms with Crippen molar-refractivity contribution in [3.05, 3.63) is 45.9 Å². The Morgan fingerprint density at radius 2 is 2.21 bits per heavy atom. The first-order valence-corrected chi connectivity index (χ1v) is 9.14. The van der Waals surface area contributed by atoms with Crippen LogP contribution in [0.1, 0.15) is 28.9 Å². The van der Waals surface area contributed by atoms with Crippen molar-refractivity contribution in [2.24, 2.45) is 0 Å². The number of carbonyl (C=O) groups is 1. The SMILES string of the molecule is CNc1nc(C(=O)NCC2(c3cccc(Cl)c3)CCOCC2)cs1. The third kappa shape index (κ3) is 3.71. The van der Waals surface area contributed by atoms with Crippen LogP contribution >= 0.6 is 22.9 Å². The maximum absolute atomic E-state index is 12.4. The molecule has 7 heteroatoms. The summed E-state index contributed by atoms with van der Waals surface area (Å²) in [6.45, 7) is 1.91. The number of anilines is 1. The normalized spacial score (nSPS) is 16.6. The molecule has 1 fully saturated rings. The molecule has 1 aliphatic heterocycles. The summed E-state index contributed by atoms with van der Waals surface area (Å²) in [5, 5.41) is 9.19. The number of aromatic nitrogens is 1. The van der Waals surface area contributed by atoms with Gasteiger partial charge in [-0.15, -0.1) is 11.3 Å². The molecular formula is C17H20ClN3O2S. The first kappa shape index (κ1) is 17.2. The lowest BCUT2D eigenvalue weighted by atomic mass is 9.74. The van der Waals surface area contributed by atoms with E-state index >= 15 is 0 Å². The van der Waals surface area contributed by atoms with Crippen LogP contribution in [-0.4, -0.2) is 37.7 Å². The van der Waals surface area contributed by atoms with Crippen LogP contribution in [-0.2, 0) is 10.2 Å². The van der Waals surface area contributed by atoms with Crippen LogP contribution in [0.4, 0.5) is 5.13 Å². The second-order valence-corrected chi connectivity index (χ2v) is 7.17. The zero-order valence-electron chi connectivity index (χ0n) is 13.5. The van der Waals surface area contributed by atoms with E-state index in [1.165, 1.54) is 11.3 Å². The van der Waals surface area contributed by atoms with Crippen molar-refractivity contribution in [2.45, 2.75) is 18.3 Å². The Bertz CT molecular complexity index is 713. The zero-order chi connectivity index (χ0) is 17.0. The van der Waals surface area contributed by atoms with Crippen molar-refractivity contribution >= 4 is 34.0 Å². The van der Waals surface area contributed by atoms with Gasteiger partial charge in [-0.2, -0.15) is 0 Å². The predicted molar refractivity (Wildman–Crippen MR) is 97.2 cm³/mol. The number of amides is 1. The van der Waals surface area contributed by atoms with E-state index in [0.29, 0.717) is 30.5 Å². The van der Waals surface area contributed by atoms with Gasteiger partial charge < -0.3 is 15.4 Å². The first-order chi connectivity index (χ1) is 11.6. The van der Waals surface area contributed by atoms with Crippen molar-refractivity contribution < 1.29 is 9.53 Å². The smallest absolute Gasteiger partial charge is 0.270 e. The molecule has 2 aromatic rings. The lowest BCUT2D eigenvalue weighted by Crippen LogP contribution is -2.44. The molecule has 0 aliphatic carbocycles. The number of hydrogen-bond donors (Lipinski definition) is 2. The molecule has 0 spiro atoms. The Balaban J connectivity index is 1.76. The number of nitrogens with zero attached hydrogens (tertiary/aromatic N) is 1. The van der Waals surface area contributed by atoms with E-state index in [1.807, 2.05) is 18.2 Å². The van der Waals surface area contributed by atoms with E-state index in [-0.39, 0.29) is 11.3 Å². The van der Waals surface area contributed by atoms with Crippen molar-refractivity contribution in [2.75, 3.05) is 32.1 Å². The van der Waals surface area contributed by atoms with Gasteiger partial charge in [0, 0.05) is 42.6 Å². The molecule has 128 valence electrons. The van der Waals surface area contributed by atoms with Crippen molar-refractivity contribution in [1.82, 2.24) is 10.3 Å². The molecular weight excluding hydrogens is 346 g/mol.